The van der Waals surface area contributed by atoms with Crippen molar-refractivity contribution in [1.29, 1.82) is 0 Å². The van der Waals surface area contributed by atoms with Gasteiger partial charge in [0, 0.05) is 25.6 Å². The molecule has 1 rings (SSSR count). The zero-order chi connectivity index (χ0) is 12.7. The van der Waals surface area contributed by atoms with Crippen LogP contribution in [0.25, 0.3) is 0 Å². The molecule has 0 aliphatic carbocycles. The van der Waals surface area contributed by atoms with Gasteiger partial charge in [-0.15, -0.1) is 0 Å². The summed E-state index contributed by atoms with van der Waals surface area (Å²) in [5.41, 5.74) is 0. The number of likely N-dealkylation sites (tertiary alicyclic amines) is 1. The van der Waals surface area contributed by atoms with Crippen molar-refractivity contribution >= 4 is 5.97 Å². The molecule has 0 saturated carbocycles. The van der Waals surface area contributed by atoms with Crippen LogP contribution in [0.15, 0.2) is 0 Å². The lowest BCUT2D eigenvalue weighted by Crippen LogP contribution is -2.48. The van der Waals surface area contributed by atoms with E-state index in [1.54, 1.807) is 7.11 Å². The molecule has 1 aliphatic rings. The lowest BCUT2D eigenvalue weighted by Gasteiger charge is -2.40. The lowest BCUT2D eigenvalue weighted by molar-refractivity contribution is -0.137. The van der Waals surface area contributed by atoms with Gasteiger partial charge >= 0.3 is 5.97 Å². The second kappa shape index (κ2) is 7.67. The second-order valence-corrected chi connectivity index (χ2v) is 4.84. The predicted octanol–water partition coefficient (Wildman–Crippen LogP) is 2.13. The van der Waals surface area contributed by atoms with Crippen molar-refractivity contribution in [2.24, 2.45) is 0 Å². The Hall–Kier alpha value is -0.610. The van der Waals surface area contributed by atoms with Crippen molar-refractivity contribution in [2.45, 2.75) is 57.5 Å². The molecule has 1 heterocycles. The monoisotopic (exact) mass is 243 g/mol. The Bertz CT molecular complexity index is 233. The van der Waals surface area contributed by atoms with Crippen molar-refractivity contribution in [2.75, 3.05) is 20.3 Å². The molecular weight excluding hydrogens is 218 g/mol. The maximum atomic E-state index is 10.7. The van der Waals surface area contributed by atoms with Gasteiger partial charge in [-0.1, -0.05) is 13.3 Å². The molecule has 0 radical (unpaired) electrons. The van der Waals surface area contributed by atoms with E-state index in [0.29, 0.717) is 12.1 Å². The molecule has 2 unspecified atom stereocenters. The van der Waals surface area contributed by atoms with Gasteiger partial charge in [-0.3, -0.25) is 9.69 Å². The topological polar surface area (TPSA) is 49.8 Å². The fourth-order valence-electron chi connectivity index (χ4n) is 2.74. The number of ether oxygens (including phenoxy) is 1. The van der Waals surface area contributed by atoms with Crippen LogP contribution in [0.5, 0.6) is 0 Å². The van der Waals surface area contributed by atoms with Gasteiger partial charge in [-0.2, -0.15) is 0 Å². The number of methoxy groups -OCH3 is 1. The van der Waals surface area contributed by atoms with E-state index in [1.165, 1.54) is 12.8 Å². The van der Waals surface area contributed by atoms with E-state index >= 15 is 0 Å². The van der Waals surface area contributed by atoms with E-state index in [0.717, 1.165) is 32.4 Å². The highest BCUT2D eigenvalue weighted by Gasteiger charge is 2.27. The Labute approximate surface area is 104 Å². The Balaban J connectivity index is 2.53. The van der Waals surface area contributed by atoms with E-state index in [9.17, 15) is 4.79 Å². The van der Waals surface area contributed by atoms with E-state index in [-0.39, 0.29) is 6.42 Å². The third-order valence-corrected chi connectivity index (χ3v) is 3.66. The molecule has 0 spiro atoms. The number of carboxylic acids is 1. The molecule has 1 aliphatic heterocycles. The van der Waals surface area contributed by atoms with Gasteiger partial charge < -0.3 is 9.84 Å². The maximum Gasteiger partial charge on any atom is 0.303 e. The van der Waals surface area contributed by atoms with Crippen LogP contribution in [0.3, 0.4) is 0 Å². The van der Waals surface area contributed by atoms with Gasteiger partial charge in [0.15, 0.2) is 0 Å². The minimum atomic E-state index is -0.685. The maximum absolute atomic E-state index is 10.7. The number of piperidine rings is 1. The molecular formula is C13H25NO3. The van der Waals surface area contributed by atoms with Crippen molar-refractivity contribution in [1.82, 2.24) is 4.90 Å². The van der Waals surface area contributed by atoms with Crippen LogP contribution in [-0.2, 0) is 9.53 Å². The van der Waals surface area contributed by atoms with Gasteiger partial charge in [0.25, 0.3) is 0 Å². The van der Waals surface area contributed by atoms with Crippen LogP contribution in [-0.4, -0.2) is 48.3 Å². The molecule has 1 saturated heterocycles. The summed E-state index contributed by atoms with van der Waals surface area (Å²) in [7, 11) is 1.73. The summed E-state index contributed by atoms with van der Waals surface area (Å²) in [5.74, 6) is -0.685. The summed E-state index contributed by atoms with van der Waals surface area (Å²) in [6.45, 7) is 4.01. The number of carbonyl (C=O) groups is 1. The highest BCUT2D eigenvalue weighted by Crippen LogP contribution is 2.24. The van der Waals surface area contributed by atoms with Crippen molar-refractivity contribution in [3.05, 3.63) is 0 Å². The average molecular weight is 243 g/mol. The second-order valence-electron chi connectivity index (χ2n) is 4.84. The minimum absolute atomic E-state index is 0.282. The Morgan fingerprint density at radius 3 is 2.88 bits per heavy atom. The Kier molecular flexibility index (Phi) is 6.52. The average Bonchev–Trinajstić information content (AvgIpc) is 2.34. The van der Waals surface area contributed by atoms with Crippen LogP contribution in [0.4, 0.5) is 0 Å². The third kappa shape index (κ3) is 4.64. The summed E-state index contributed by atoms with van der Waals surface area (Å²) in [4.78, 5) is 13.1. The molecule has 0 aromatic rings. The number of nitrogens with zero attached hydrogens (tertiary/aromatic N) is 1. The van der Waals surface area contributed by atoms with Crippen LogP contribution in [0.1, 0.15) is 45.4 Å². The summed E-state index contributed by atoms with van der Waals surface area (Å²) < 4.78 is 5.26. The molecule has 4 nitrogen and oxygen atoms in total. The summed E-state index contributed by atoms with van der Waals surface area (Å²) in [5, 5.41) is 8.79. The molecule has 0 aromatic heterocycles. The molecule has 1 N–H and O–H groups in total. The molecule has 0 aromatic carbocycles. The van der Waals surface area contributed by atoms with E-state index in [1.807, 2.05) is 0 Å². The first-order valence-electron chi connectivity index (χ1n) is 6.65. The highest BCUT2D eigenvalue weighted by atomic mass is 16.5. The zero-order valence-corrected chi connectivity index (χ0v) is 11.0. The minimum Gasteiger partial charge on any atom is -0.481 e. The lowest BCUT2D eigenvalue weighted by atomic mass is 9.95. The van der Waals surface area contributed by atoms with Crippen LogP contribution < -0.4 is 0 Å². The smallest absolute Gasteiger partial charge is 0.303 e. The Morgan fingerprint density at radius 1 is 1.53 bits per heavy atom. The van der Waals surface area contributed by atoms with Gasteiger partial charge in [0.05, 0.1) is 6.61 Å². The van der Waals surface area contributed by atoms with Crippen LogP contribution in [0, 0.1) is 0 Å². The molecule has 1 fully saturated rings. The molecule has 2 atom stereocenters. The van der Waals surface area contributed by atoms with Gasteiger partial charge in [-0.25, -0.2) is 0 Å². The summed E-state index contributed by atoms with van der Waals surface area (Å²) in [6.07, 6.45) is 5.71. The number of hydrogen-bond acceptors (Lipinski definition) is 3. The summed E-state index contributed by atoms with van der Waals surface area (Å²) in [6, 6.07) is 0.874. The normalized spacial score (nSPS) is 23.5. The van der Waals surface area contributed by atoms with Crippen molar-refractivity contribution in [3.63, 3.8) is 0 Å². The van der Waals surface area contributed by atoms with Gasteiger partial charge in [0.1, 0.15) is 0 Å². The first-order chi connectivity index (χ1) is 8.19. The molecule has 100 valence electrons. The quantitative estimate of drug-likeness (QED) is 0.744. The highest BCUT2D eigenvalue weighted by molar-refractivity contribution is 5.66. The summed E-state index contributed by atoms with van der Waals surface area (Å²) >= 11 is 0. The first kappa shape index (κ1) is 14.5. The van der Waals surface area contributed by atoms with E-state index in [2.05, 4.69) is 11.8 Å². The molecule has 17 heavy (non-hydrogen) atoms. The largest absolute Gasteiger partial charge is 0.481 e. The standard InChI is InChI=1S/C13H25NO3/c1-3-11(10-17-2)14-9-5-4-6-12(14)7-8-13(15)16/h11-12H,3-10H2,1-2H3,(H,15,16). The Morgan fingerprint density at radius 2 is 2.29 bits per heavy atom. The van der Waals surface area contributed by atoms with Crippen LogP contribution in [0.2, 0.25) is 0 Å². The van der Waals surface area contributed by atoms with Crippen molar-refractivity contribution in [3.8, 4) is 0 Å². The third-order valence-electron chi connectivity index (χ3n) is 3.66. The van der Waals surface area contributed by atoms with Gasteiger partial charge in [-0.05, 0) is 32.2 Å². The van der Waals surface area contributed by atoms with E-state index < -0.39 is 5.97 Å². The van der Waals surface area contributed by atoms with Gasteiger partial charge in [0.2, 0.25) is 0 Å². The molecule has 0 amide bonds. The van der Waals surface area contributed by atoms with Crippen molar-refractivity contribution < 1.29 is 14.6 Å². The number of aliphatic carboxylic acids is 1. The SMILES string of the molecule is CCC(COC)N1CCCCC1CCC(=O)O. The zero-order valence-electron chi connectivity index (χ0n) is 11.0. The van der Waals surface area contributed by atoms with Crippen LogP contribution >= 0.6 is 0 Å². The number of rotatable bonds is 7. The fourth-order valence-corrected chi connectivity index (χ4v) is 2.74. The molecule has 4 heteroatoms. The van der Waals surface area contributed by atoms with E-state index in [4.69, 9.17) is 9.84 Å². The predicted molar refractivity (Wildman–Crippen MR) is 67.2 cm³/mol. The fraction of sp³-hybridized carbons (Fsp3) is 0.923. The first-order valence-corrected chi connectivity index (χ1v) is 6.65. The number of carboxylic acid groups (broad SMARTS) is 1. The number of hydrogen-bond donors (Lipinski definition) is 1. The molecule has 0 bridgehead atoms.